The Kier molecular flexibility index (Phi) is 9.14. The molecule has 0 spiro atoms. The fraction of sp³-hybridized carbons (Fsp3) is 0.0667. The van der Waals surface area contributed by atoms with Crippen LogP contribution in [-0.4, -0.2) is 5.91 Å². The summed E-state index contributed by atoms with van der Waals surface area (Å²) in [5, 5.41) is 12.5. The molecule has 0 atom stereocenters. The fourth-order valence-electron chi connectivity index (χ4n) is 3.38. The largest absolute Gasteiger partial charge is 0.489 e. The highest BCUT2D eigenvalue weighted by molar-refractivity contribution is 9.10. The standard InChI is InChI=1S/C30H22Br2N2O3/c31-25-8-6-22(7-9-25)19-36-28-13-11-27(12-14-28)34-30(35)24(18-33)16-23-17-26(32)10-15-29(23)37-20-21-4-2-1-3-5-21/h1-17H,19-20H2,(H,34,35)/b24-16+. The number of carbonyl (C=O) groups is 1. The first-order valence-corrected chi connectivity index (χ1v) is 13.0. The van der Waals surface area contributed by atoms with Crippen LogP contribution in [0.15, 0.2) is 112 Å². The number of rotatable bonds is 9. The third-order valence-corrected chi connectivity index (χ3v) is 6.33. The molecule has 0 unspecified atom stereocenters. The second-order valence-electron chi connectivity index (χ2n) is 8.02. The molecule has 0 aromatic heterocycles. The summed E-state index contributed by atoms with van der Waals surface area (Å²) in [6.07, 6.45) is 1.52. The van der Waals surface area contributed by atoms with Crippen molar-refractivity contribution in [3.63, 3.8) is 0 Å². The first-order chi connectivity index (χ1) is 18.0. The van der Waals surface area contributed by atoms with Gasteiger partial charge in [0.2, 0.25) is 0 Å². The fourth-order valence-corrected chi connectivity index (χ4v) is 4.03. The van der Waals surface area contributed by atoms with Crippen LogP contribution in [0.4, 0.5) is 5.69 Å². The number of anilines is 1. The van der Waals surface area contributed by atoms with E-state index in [1.54, 1.807) is 30.3 Å². The minimum absolute atomic E-state index is 0.0433. The Labute approximate surface area is 232 Å². The number of ether oxygens (including phenoxy) is 2. The van der Waals surface area contributed by atoms with Crippen LogP contribution in [-0.2, 0) is 18.0 Å². The van der Waals surface area contributed by atoms with E-state index in [1.165, 1.54) is 6.08 Å². The number of benzene rings is 4. The van der Waals surface area contributed by atoms with Gasteiger partial charge in [-0.15, -0.1) is 0 Å². The number of amides is 1. The molecule has 1 amide bonds. The highest BCUT2D eigenvalue weighted by Crippen LogP contribution is 2.27. The molecule has 0 aliphatic heterocycles. The zero-order chi connectivity index (χ0) is 26.0. The number of halogens is 2. The quantitative estimate of drug-likeness (QED) is 0.153. The molecule has 37 heavy (non-hydrogen) atoms. The smallest absolute Gasteiger partial charge is 0.266 e. The van der Waals surface area contributed by atoms with Crippen molar-refractivity contribution >= 4 is 49.5 Å². The van der Waals surface area contributed by atoms with Gasteiger partial charge in [-0.3, -0.25) is 4.79 Å². The topological polar surface area (TPSA) is 71.3 Å². The van der Waals surface area contributed by atoms with Crippen molar-refractivity contribution in [2.75, 3.05) is 5.32 Å². The van der Waals surface area contributed by atoms with Crippen molar-refractivity contribution in [2.45, 2.75) is 13.2 Å². The van der Waals surface area contributed by atoms with Gasteiger partial charge in [-0.1, -0.05) is 74.3 Å². The van der Waals surface area contributed by atoms with Gasteiger partial charge in [0, 0.05) is 20.2 Å². The number of nitriles is 1. The Hall–Kier alpha value is -3.86. The van der Waals surface area contributed by atoms with Gasteiger partial charge in [-0.25, -0.2) is 0 Å². The van der Waals surface area contributed by atoms with Crippen molar-refractivity contribution in [1.82, 2.24) is 0 Å². The molecule has 0 heterocycles. The summed E-state index contributed by atoms with van der Waals surface area (Å²) in [5.41, 5.74) is 3.19. The first kappa shape index (κ1) is 26.2. The molecule has 4 aromatic rings. The number of hydrogen-bond donors (Lipinski definition) is 1. The van der Waals surface area contributed by atoms with Crippen molar-refractivity contribution in [2.24, 2.45) is 0 Å². The Balaban J connectivity index is 1.41. The van der Waals surface area contributed by atoms with E-state index in [0.717, 1.165) is 20.1 Å². The molecular formula is C30H22Br2N2O3. The van der Waals surface area contributed by atoms with Gasteiger partial charge in [0.05, 0.1) is 0 Å². The maximum absolute atomic E-state index is 12.9. The van der Waals surface area contributed by atoms with Gasteiger partial charge in [0.15, 0.2) is 0 Å². The lowest BCUT2D eigenvalue weighted by Gasteiger charge is -2.11. The molecule has 4 aromatic carbocycles. The number of hydrogen-bond acceptors (Lipinski definition) is 4. The molecule has 0 saturated heterocycles. The molecule has 0 radical (unpaired) electrons. The summed E-state index contributed by atoms with van der Waals surface area (Å²) in [4.78, 5) is 12.9. The van der Waals surface area contributed by atoms with E-state index in [1.807, 2.05) is 72.8 Å². The van der Waals surface area contributed by atoms with Gasteiger partial charge >= 0.3 is 0 Å². The first-order valence-electron chi connectivity index (χ1n) is 11.4. The van der Waals surface area contributed by atoms with E-state index in [4.69, 9.17) is 9.47 Å². The predicted octanol–water partition coefficient (Wildman–Crippen LogP) is 7.92. The zero-order valence-corrected chi connectivity index (χ0v) is 22.8. The summed E-state index contributed by atoms with van der Waals surface area (Å²) in [5.74, 6) is 0.728. The van der Waals surface area contributed by atoms with Crippen molar-refractivity contribution in [3.05, 3.63) is 128 Å². The molecule has 7 heteroatoms. The second-order valence-corrected chi connectivity index (χ2v) is 9.85. The molecule has 0 bridgehead atoms. The minimum Gasteiger partial charge on any atom is -0.489 e. The predicted molar refractivity (Wildman–Crippen MR) is 152 cm³/mol. The van der Waals surface area contributed by atoms with Gasteiger partial charge in [-0.2, -0.15) is 5.26 Å². The van der Waals surface area contributed by atoms with Crippen molar-refractivity contribution in [3.8, 4) is 17.6 Å². The van der Waals surface area contributed by atoms with Crippen LogP contribution in [0.3, 0.4) is 0 Å². The summed E-state index contributed by atoms with van der Waals surface area (Å²) in [6, 6.07) is 32.1. The number of carbonyl (C=O) groups excluding carboxylic acids is 1. The van der Waals surface area contributed by atoms with E-state index in [-0.39, 0.29) is 5.57 Å². The van der Waals surface area contributed by atoms with Gasteiger partial charge < -0.3 is 14.8 Å². The van der Waals surface area contributed by atoms with Crippen LogP contribution >= 0.6 is 31.9 Å². The van der Waals surface area contributed by atoms with Gasteiger partial charge in [-0.05, 0) is 71.8 Å². The normalized spacial score (nSPS) is 10.9. The Morgan fingerprint density at radius 3 is 2.16 bits per heavy atom. The summed E-state index contributed by atoms with van der Waals surface area (Å²) >= 11 is 6.87. The monoisotopic (exact) mass is 616 g/mol. The lowest BCUT2D eigenvalue weighted by atomic mass is 10.1. The van der Waals surface area contributed by atoms with Crippen molar-refractivity contribution < 1.29 is 14.3 Å². The van der Waals surface area contributed by atoms with E-state index in [9.17, 15) is 10.1 Å². The molecule has 0 aliphatic carbocycles. The maximum Gasteiger partial charge on any atom is 0.266 e. The van der Waals surface area contributed by atoms with Crippen LogP contribution in [0.2, 0.25) is 0 Å². The highest BCUT2D eigenvalue weighted by atomic mass is 79.9. The molecule has 5 nitrogen and oxygen atoms in total. The van der Waals surface area contributed by atoms with E-state index in [0.29, 0.717) is 36.0 Å². The van der Waals surface area contributed by atoms with Crippen LogP contribution in [0.1, 0.15) is 16.7 Å². The summed E-state index contributed by atoms with van der Waals surface area (Å²) in [7, 11) is 0. The van der Waals surface area contributed by atoms with Crippen LogP contribution in [0.25, 0.3) is 6.08 Å². The third kappa shape index (κ3) is 7.81. The van der Waals surface area contributed by atoms with E-state index < -0.39 is 5.91 Å². The molecule has 4 rings (SSSR count). The summed E-state index contributed by atoms with van der Waals surface area (Å²) in [6.45, 7) is 0.801. The zero-order valence-electron chi connectivity index (χ0n) is 19.7. The lowest BCUT2D eigenvalue weighted by Crippen LogP contribution is -2.13. The van der Waals surface area contributed by atoms with Crippen LogP contribution < -0.4 is 14.8 Å². The SMILES string of the molecule is N#C/C(=C\c1cc(Br)ccc1OCc1ccccc1)C(=O)Nc1ccc(OCc2ccc(Br)cc2)cc1. The average Bonchev–Trinajstić information content (AvgIpc) is 2.92. The van der Waals surface area contributed by atoms with E-state index in [2.05, 4.69) is 37.2 Å². The average molecular weight is 618 g/mol. The van der Waals surface area contributed by atoms with Gasteiger partial charge in [0.1, 0.15) is 36.4 Å². The lowest BCUT2D eigenvalue weighted by molar-refractivity contribution is -0.112. The molecule has 0 aliphatic rings. The number of nitrogens with one attached hydrogen (secondary N) is 1. The minimum atomic E-state index is -0.514. The Bertz CT molecular complexity index is 1430. The summed E-state index contributed by atoms with van der Waals surface area (Å²) < 4.78 is 13.6. The molecule has 0 saturated carbocycles. The van der Waals surface area contributed by atoms with Gasteiger partial charge in [0.25, 0.3) is 5.91 Å². The van der Waals surface area contributed by atoms with Crippen molar-refractivity contribution in [1.29, 1.82) is 5.26 Å². The van der Waals surface area contributed by atoms with Crippen LogP contribution in [0, 0.1) is 11.3 Å². The number of nitrogens with zero attached hydrogens (tertiary/aromatic N) is 1. The Morgan fingerprint density at radius 1 is 0.811 bits per heavy atom. The molecule has 0 fully saturated rings. The van der Waals surface area contributed by atoms with Crippen LogP contribution in [0.5, 0.6) is 11.5 Å². The molecular weight excluding hydrogens is 596 g/mol. The Morgan fingerprint density at radius 2 is 1.46 bits per heavy atom. The third-order valence-electron chi connectivity index (χ3n) is 5.30. The maximum atomic E-state index is 12.9. The highest BCUT2D eigenvalue weighted by Gasteiger charge is 2.12. The second kappa shape index (κ2) is 12.9. The molecule has 184 valence electrons. The van der Waals surface area contributed by atoms with E-state index >= 15 is 0 Å². The molecule has 1 N–H and O–H groups in total.